The number of Topliss-reactive ketones (excluding diaryl/α,β-unsaturated/α-hetero) is 1. The fraction of sp³-hybridized carbons (Fsp3) is 0.636. The molecule has 1 aliphatic carbocycles. The molecule has 2 saturated heterocycles. The Hall–Kier alpha value is -1.68. The van der Waals surface area contributed by atoms with E-state index in [0.29, 0.717) is 18.9 Å². The number of likely N-dealkylation sites (tertiary alicyclic amines) is 2. The van der Waals surface area contributed by atoms with Gasteiger partial charge in [0.05, 0.1) is 6.42 Å². The topological polar surface area (TPSA) is 40.6 Å². The van der Waals surface area contributed by atoms with Gasteiger partial charge in [0.2, 0.25) is 5.91 Å². The van der Waals surface area contributed by atoms with Crippen molar-refractivity contribution in [1.82, 2.24) is 9.80 Å². The number of ketones is 1. The lowest BCUT2D eigenvalue weighted by Crippen LogP contribution is -2.49. The summed E-state index contributed by atoms with van der Waals surface area (Å²) in [6, 6.07) is 6.41. The number of aryl methyl sites for hydroxylation is 1. The second-order valence-electron chi connectivity index (χ2n) is 8.19. The zero-order chi connectivity index (χ0) is 17.9. The molecule has 4 rings (SSSR count). The molecule has 140 valence electrons. The molecule has 1 amide bonds. The second-order valence-corrected chi connectivity index (χ2v) is 8.19. The van der Waals surface area contributed by atoms with Crippen LogP contribution < -0.4 is 0 Å². The second kappa shape index (κ2) is 7.91. The van der Waals surface area contributed by atoms with Gasteiger partial charge in [-0.25, -0.2) is 0 Å². The summed E-state index contributed by atoms with van der Waals surface area (Å²) >= 11 is 0. The molecule has 0 spiro atoms. The summed E-state index contributed by atoms with van der Waals surface area (Å²) < 4.78 is 0. The van der Waals surface area contributed by atoms with Gasteiger partial charge in [0, 0.05) is 31.1 Å². The first-order valence-corrected chi connectivity index (χ1v) is 10.4. The van der Waals surface area contributed by atoms with E-state index in [1.165, 1.54) is 32.4 Å². The van der Waals surface area contributed by atoms with Gasteiger partial charge in [0.15, 0.2) is 5.78 Å². The molecule has 0 bridgehead atoms. The van der Waals surface area contributed by atoms with Gasteiger partial charge in [-0.2, -0.15) is 0 Å². The molecule has 0 aromatic heterocycles. The Balaban J connectivity index is 1.43. The lowest BCUT2D eigenvalue weighted by Gasteiger charge is -2.38. The minimum atomic E-state index is 0.255. The maximum absolute atomic E-state index is 13.0. The number of amides is 1. The monoisotopic (exact) mass is 354 g/mol. The van der Waals surface area contributed by atoms with Crippen LogP contribution in [0, 0.1) is 0 Å². The first-order chi connectivity index (χ1) is 12.7. The van der Waals surface area contributed by atoms with Gasteiger partial charge < -0.3 is 9.80 Å². The Labute approximate surface area is 156 Å². The van der Waals surface area contributed by atoms with Crippen LogP contribution in [-0.2, 0) is 17.6 Å². The fourth-order valence-electron chi connectivity index (χ4n) is 4.87. The van der Waals surface area contributed by atoms with Gasteiger partial charge >= 0.3 is 0 Å². The zero-order valence-electron chi connectivity index (χ0n) is 15.7. The first kappa shape index (κ1) is 17.7. The minimum absolute atomic E-state index is 0.255. The normalized spacial score (nSPS) is 23.9. The number of fused-ring (bicyclic) bond motifs is 1. The Morgan fingerprint density at radius 3 is 2.65 bits per heavy atom. The van der Waals surface area contributed by atoms with E-state index < -0.39 is 0 Å². The summed E-state index contributed by atoms with van der Waals surface area (Å²) in [6.07, 6.45) is 9.14. The maximum Gasteiger partial charge on any atom is 0.227 e. The number of carbonyl (C=O) groups is 2. The van der Waals surface area contributed by atoms with Gasteiger partial charge in [-0.1, -0.05) is 18.2 Å². The number of benzene rings is 1. The molecule has 26 heavy (non-hydrogen) atoms. The van der Waals surface area contributed by atoms with E-state index in [1.54, 1.807) is 0 Å². The summed E-state index contributed by atoms with van der Waals surface area (Å²) in [5, 5.41) is 0. The van der Waals surface area contributed by atoms with Crippen molar-refractivity contribution in [3.05, 3.63) is 34.9 Å². The van der Waals surface area contributed by atoms with E-state index in [9.17, 15) is 9.59 Å². The fourth-order valence-corrected chi connectivity index (χ4v) is 4.87. The van der Waals surface area contributed by atoms with Crippen LogP contribution in [0.3, 0.4) is 0 Å². The average molecular weight is 354 g/mol. The van der Waals surface area contributed by atoms with Crippen molar-refractivity contribution in [1.29, 1.82) is 0 Å². The van der Waals surface area contributed by atoms with E-state index in [0.717, 1.165) is 55.5 Å². The molecule has 2 fully saturated rings. The van der Waals surface area contributed by atoms with Crippen molar-refractivity contribution in [3.63, 3.8) is 0 Å². The standard InChI is InChI=1S/C22H30N2O2/c25-21-8-5-6-18-14-17(9-10-20(18)21)15-22(26)24-13-2-1-7-19(24)16-23-11-3-4-12-23/h9-10,14,19H,1-8,11-13,15-16H2/t19-/m0/s1. The minimum Gasteiger partial charge on any atom is -0.338 e. The van der Waals surface area contributed by atoms with E-state index in [2.05, 4.69) is 15.9 Å². The van der Waals surface area contributed by atoms with Crippen molar-refractivity contribution in [3.8, 4) is 0 Å². The van der Waals surface area contributed by atoms with E-state index >= 15 is 0 Å². The molecule has 0 unspecified atom stereocenters. The highest BCUT2D eigenvalue weighted by molar-refractivity contribution is 5.98. The summed E-state index contributed by atoms with van der Waals surface area (Å²) in [4.78, 5) is 29.7. The molecule has 1 aromatic rings. The quantitative estimate of drug-likeness (QED) is 0.833. The summed E-state index contributed by atoms with van der Waals surface area (Å²) in [7, 11) is 0. The predicted octanol–water partition coefficient (Wildman–Crippen LogP) is 3.23. The summed E-state index contributed by atoms with van der Waals surface area (Å²) in [6.45, 7) is 4.33. The van der Waals surface area contributed by atoms with Crippen LogP contribution in [0.2, 0.25) is 0 Å². The molecular formula is C22H30N2O2. The third-order valence-electron chi connectivity index (χ3n) is 6.29. The smallest absolute Gasteiger partial charge is 0.227 e. The van der Waals surface area contributed by atoms with Crippen LogP contribution in [-0.4, -0.2) is 53.7 Å². The van der Waals surface area contributed by atoms with Crippen molar-refractivity contribution in [2.24, 2.45) is 0 Å². The molecule has 3 aliphatic rings. The van der Waals surface area contributed by atoms with Crippen molar-refractivity contribution in [2.75, 3.05) is 26.2 Å². The van der Waals surface area contributed by atoms with Gasteiger partial charge in [-0.3, -0.25) is 9.59 Å². The zero-order valence-corrected chi connectivity index (χ0v) is 15.7. The van der Waals surface area contributed by atoms with Crippen LogP contribution in [0.15, 0.2) is 18.2 Å². The number of hydrogen-bond acceptors (Lipinski definition) is 3. The summed E-state index contributed by atoms with van der Waals surface area (Å²) in [5.74, 6) is 0.516. The van der Waals surface area contributed by atoms with Crippen molar-refractivity contribution >= 4 is 11.7 Å². The molecule has 0 saturated carbocycles. The summed E-state index contributed by atoms with van der Waals surface area (Å²) in [5.41, 5.74) is 3.07. The van der Waals surface area contributed by atoms with Crippen LogP contribution >= 0.6 is 0 Å². The third-order valence-corrected chi connectivity index (χ3v) is 6.29. The number of hydrogen-bond donors (Lipinski definition) is 0. The molecule has 2 heterocycles. The van der Waals surface area contributed by atoms with Crippen LogP contribution in [0.25, 0.3) is 0 Å². The SMILES string of the molecule is O=C1CCCc2cc(CC(=O)N3CCCC[C@H]3CN3CCCC3)ccc21. The molecule has 0 radical (unpaired) electrons. The van der Waals surface area contributed by atoms with Crippen molar-refractivity contribution in [2.45, 2.75) is 63.8 Å². The highest BCUT2D eigenvalue weighted by atomic mass is 16.2. The predicted molar refractivity (Wildman–Crippen MR) is 102 cm³/mol. The van der Waals surface area contributed by atoms with E-state index in [4.69, 9.17) is 0 Å². The van der Waals surface area contributed by atoms with Gasteiger partial charge in [0.25, 0.3) is 0 Å². The Kier molecular flexibility index (Phi) is 5.39. The highest BCUT2D eigenvalue weighted by Gasteiger charge is 2.29. The Morgan fingerprint density at radius 2 is 1.81 bits per heavy atom. The largest absolute Gasteiger partial charge is 0.338 e. The molecule has 4 nitrogen and oxygen atoms in total. The number of carbonyl (C=O) groups excluding carboxylic acids is 2. The molecule has 2 aliphatic heterocycles. The lowest BCUT2D eigenvalue weighted by molar-refractivity contribution is -0.134. The molecule has 0 N–H and O–H groups in total. The highest BCUT2D eigenvalue weighted by Crippen LogP contribution is 2.24. The Bertz CT molecular complexity index is 679. The van der Waals surface area contributed by atoms with E-state index in [1.807, 2.05) is 12.1 Å². The van der Waals surface area contributed by atoms with Crippen molar-refractivity contribution < 1.29 is 9.59 Å². The molecular weight excluding hydrogens is 324 g/mol. The molecule has 4 heteroatoms. The van der Waals surface area contributed by atoms with Crippen LogP contribution in [0.4, 0.5) is 0 Å². The number of piperidine rings is 1. The molecule has 1 atom stereocenters. The number of rotatable bonds is 4. The third kappa shape index (κ3) is 3.85. The lowest BCUT2D eigenvalue weighted by atomic mass is 9.89. The first-order valence-electron chi connectivity index (χ1n) is 10.4. The average Bonchev–Trinajstić information content (AvgIpc) is 3.15. The van der Waals surface area contributed by atoms with E-state index in [-0.39, 0.29) is 11.7 Å². The van der Waals surface area contributed by atoms with Gasteiger partial charge in [-0.15, -0.1) is 0 Å². The maximum atomic E-state index is 13.0. The van der Waals surface area contributed by atoms with Gasteiger partial charge in [0.1, 0.15) is 0 Å². The van der Waals surface area contributed by atoms with Crippen LogP contribution in [0.1, 0.15) is 66.4 Å². The number of nitrogens with zero attached hydrogens (tertiary/aromatic N) is 2. The molecule has 1 aromatic carbocycles. The van der Waals surface area contributed by atoms with Gasteiger partial charge in [-0.05, 0) is 69.2 Å². The Morgan fingerprint density at radius 1 is 1.00 bits per heavy atom. The van der Waals surface area contributed by atoms with Crippen LogP contribution in [0.5, 0.6) is 0 Å².